The Hall–Kier alpha value is -3.54. The van der Waals surface area contributed by atoms with E-state index < -0.39 is 0 Å². The summed E-state index contributed by atoms with van der Waals surface area (Å²) >= 11 is 0. The van der Waals surface area contributed by atoms with E-state index >= 15 is 0 Å². The first-order valence-corrected chi connectivity index (χ1v) is 9.72. The van der Waals surface area contributed by atoms with Gasteiger partial charge in [-0.25, -0.2) is 0 Å². The minimum absolute atomic E-state index is 0.0305. The number of benzene rings is 2. The predicted molar refractivity (Wildman–Crippen MR) is 111 cm³/mol. The van der Waals surface area contributed by atoms with E-state index in [0.717, 1.165) is 34.5 Å². The zero-order chi connectivity index (χ0) is 20.0. The van der Waals surface area contributed by atoms with Crippen LogP contribution in [0.5, 0.6) is 5.75 Å². The van der Waals surface area contributed by atoms with Crippen LogP contribution in [0.15, 0.2) is 54.7 Å². The van der Waals surface area contributed by atoms with Gasteiger partial charge in [-0.3, -0.25) is 9.89 Å². The number of H-pyrrole nitrogens is 2. The molecule has 0 radical (unpaired) electrons. The third-order valence-electron chi connectivity index (χ3n) is 5.75. The number of aromatic nitrogens is 3. The van der Waals surface area contributed by atoms with Crippen LogP contribution < -0.4 is 4.74 Å². The monoisotopic (exact) mass is 386 g/mol. The van der Waals surface area contributed by atoms with Crippen molar-refractivity contribution < 1.29 is 9.53 Å². The number of methoxy groups -OCH3 is 1. The van der Waals surface area contributed by atoms with Crippen LogP contribution in [0, 0.1) is 6.92 Å². The van der Waals surface area contributed by atoms with Crippen molar-refractivity contribution in [1.82, 2.24) is 20.1 Å². The molecule has 0 unspecified atom stereocenters. The van der Waals surface area contributed by atoms with Crippen LogP contribution in [0.3, 0.4) is 0 Å². The van der Waals surface area contributed by atoms with Gasteiger partial charge in [0.25, 0.3) is 5.91 Å². The van der Waals surface area contributed by atoms with Gasteiger partial charge in [0, 0.05) is 34.9 Å². The fourth-order valence-electron chi connectivity index (χ4n) is 4.31. The second kappa shape index (κ2) is 6.81. The number of aryl methyl sites for hydroxylation is 1. The van der Waals surface area contributed by atoms with Crippen molar-refractivity contribution in [3.05, 3.63) is 82.8 Å². The summed E-state index contributed by atoms with van der Waals surface area (Å²) in [6.07, 6.45) is 2.81. The molecule has 0 saturated heterocycles. The lowest BCUT2D eigenvalue weighted by Gasteiger charge is -2.26. The number of nitrogens with zero attached hydrogens (tertiary/aromatic N) is 2. The maximum absolute atomic E-state index is 13.2. The summed E-state index contributed by atoms with van der Waals surface area (Å²) in [6.45, 7) is 2.58. The minimum Gasteiger partial charge on any atom is -0.497 e. The van der Waals surface area contributed by atoms with Crippen LogP contribution in [0.25, 0.3) is 10.9 Å². The average Bonchev–Trinajstić information content (AvgIpc) is 3.41. The van der Waals surface area contributed by atoms with E-state index in [-0.39, 0.29) is 11.9 Å². The highest BCUT2D eigenvalue weighted by molar-refractivity contribution is 5.98. The summed E-state index contributed by atoms with van der Waals surface area (Å²) in [5, 5.41) is 8.47. The van der Waals surface area contributed by atoms with Crippen molar-refractivity contribution in [1.29, 1.82) is 0 Å². The number of rotatable bonds is 5. The van der Waals surface area contributed by atoms with Gasteiger partial charge in [-0.05, 0) is 42.7 Å². The van der Waals surface area contributed by atoms with Gasteiger partial charge in [0.2, 0.25) is 0 Å². The number of fused-ring (bicyclic) bond motifs is 2. The molecule has 5 rings (SSSR count). The van der Waals surface area contributed by atoms with Gasteiger partial charge in [0.1, 0.15) is 5.75 Å². The number of hydrogen-bond acceptors (Lipinski definition) is 3. The summed E-state index contributed by atoms with van der Waals surface area (Å²) in [4.78, 5) is 18.4. The van der Waals surface area contributed by atoms with E-state index in [1.54, 1.807) is 7.11 Å². The molecular weight excluding hydrogens is 364 g/mol. The number of ether oxygens (including phenoxy) is 1. The fourth-order valence-corrected chi connectivity index (χ4v) is 4.31. The molecule has 1 amide bonds. The molecule has 4 aromatic rings. The Kier molecular flexibility index (Phi) is 4.12. The number of carbonyl (C=O) groups is 1. The molecular formula is C23H22N4O2. The average molecular weight is 386 g/mol. The second-order valence-electron chi connectivity index (χ2n) is 7.40. The van der Waals surface area contributed by atoms with Crippen molar-refractivity contribution in [2.45, 2.75) is 19.4 Å². The van der Waals surface area contributed by atoms with Gasteiger partial charge < -0.3 is 14.6 Å². The largest absolute Gasteiger partial charge is 0.497 e. The molecule has 2 aromatic heterocycles. The Morgan fingerprint density at radius 2 is 2.03 bits per heavy atom. The van der Waals surface area contributed by atoms with Crippen LogP contribution in [0.4, 0.5) is 0 Å². The fraction of sp³-hybridized carbons (Fsp3) is 0.217. The van der Waals surface area contributed by atoms with E-state index in [2.05, 4.69) is 27.3 Å². The summed E-state index contributed by atoms with van der Waals surface area (Å²) in [7, 11) is 1.65. The first-order chi connectivity index (χ1) is 14.2. The highest BCUT2D eigenvalue weighted by Crippen LogP contribution is 2.40. The second-order valence-corrected chi connectivity index (χ2v) is 7.40. The summed E-state index contributed by atoms with van der Waals surface area (Å²) in [6, 6.07) is 16.0. The van der Waals surface area contributed by atoms with Gasteiger partial charge in [0.05, 0.1) is 13.2 Å². The zero-order valence-electron chi connectivity index (χ0n) is 16.4. The van der Waals surface area contributed by atoms with Crippen molar-refractivity contribution in [2.24, 2.45) is 0 Å². The standard InChI is InChI=1S/C23H22N4O2/c1-14-20-21(26-25-14)23(28)27(22(20)15-6-5-7-17(12-15)29-2)11-10-16-13-24-19-9-4-3-8-18(16)19/h3-9,12-13,22,24H,10-11H2,1-2H3,(H,25,26)/t22-/m0/s1. The van der Waals surface area contributed by atoms with E-state index in [0.29, 0.717) is 12.2 Å². The first-order valence-electron chi connectivity index (χ1n) is 9.72. The molecule has 0 bridgehead atoms. The molecule has 6 heteroatoms. The number of amides is 1. The van der Waals surface area contributed by atoms with Crippen molar-refractivity contribution >= 4 is 16.8 Å². The molecule has 1 aliphatic rings. The molecule has 3 heterocycles. The summed E-state index contributed by atoms with van der Waals surface area (Å²) < 4.78 is 5.41. The van der Waals surface area contributed by atoms with E-state index in [1.807, 2.05) is 54.4 Å². The number of aromatic amines is 2. The Balaban J connectivity index is 1.51. The van der Waals surface area contributed by atoms with E-state index in [9.17, 15) is 4.79 Å². The van der Waals surface area contributed by atoms with Crippen molar-refractivity contribution in [2.75, 3.05) is 13.7 Å². The lowest BCUT2D eigenvalue weighted by molar-refractivity contribution is 0.0745. The van der Waals surface area contributed by atoms with Crippen LogP contribution in [0.2, 0.25) is 0 Å². The van der Waals surface area contributed by atoms with Crippen LogP contribution in [0.1, 0.15) is 38.9 Å². The number of hydrogen-bond donors (Lipinski definition) is 2. The molecule has 29 heavy (non-hydrogen) atoms. The third-order valence-corrected chi connectivity index (χ3v) is 5.75. The van der Waals surface area contributed by atoms with Gasteiger partial charge in [-0.1, -0.05) is 30.3 Å². The lowest BCUT2D eigenvalue weighted by atomic mass is 9.98. The highest BCUT2D eigenvalue weighted by atomic mass is 16.5. The predicted octanol–water partition coefficient (Wildman–Crippen LogP) is 4.00. The quantitative estimate of drug-likeness (QED) is 0.545. The number of carbonyl (C=O) groups excluding carboxylic acids is 1. The summed E-state index contributed by atoms with van der Waals surface area (Å²) in [5.74, 6) is 0.748. The maximum Gasteiger partial charge on any atom is 0.275 e. The third kappa shape index (κ3) is 2.79. The van der Waals surface area contributed by atoms with Gasteiger partial charge in [-0.2, -0.15) is 5.10 Å². The van der Waals surface area contributed by atoms with Gasteiger partial charge in [-0.15, -0.1) is 0 Å². The molecule has 1 aliphatic heterocycles. The van der Waals surface area contributed by atoms with Gasteiger partial charge >= 0.3 is 0 Å². The van der Waals surface area contributed by atoms with E-state index in [1.165, 1.54) is 10.9 Å². The molecule has 0 spiro atoms. The Bertz CT molecular complexity index is 1210. The lowest BCUT2D eigenvalue weighted by Crippen LogP contribution is -2.31. The van der Waals surface area contributed by atoms with Crippen molar-refractivity contribution in [3.63, 3.8) is 0 Å². The highest BCUT2D eigenvalue weighted by Gasteiger charge is 2.41. The topological polar surface area (TPSA) is 74.0 Å². The normalized spacial score (nSPS) is 15.9. The molecule has 0 aliphatic carbocycles. The molecule has 6 nitrogen and oxygen atoms in total. The minimum atomic E-state index is -0.170. The molecule has 146 valence electrons. The smallest absolute Gasteiger partial charge is 0.275 e. The van der Waals surface area contributed by atoms with Crippen LogP contribution in [-0.2, 0) is 6.42 Å². The Labute approximate surface area is 168 Å². The molecule has 1 atom stereocenters. The number of para-hydroxylation sites is 1. The maximum atomic E-state index is 13.2. The SMILES string of the molecule is COc1cccc([C@H]2c3c(n[nH]c3C)C(=O)N2CCc2c[nH]c3ccccc23)c1. The Morgan fingerprint density at radius 1 is 1.17 bits per heavy atom. The van der Waals surface area contributed by atoms with Crippen LogP contribution >= 0.6 is 0 Å². The molecule has 0 saturated carbocycles. The first kappa shape index (κ1) is 17.6. The Morgan fingerprint density at radius 3 is 2.90 bits per heavy atom. The zero-order valence-corrected chi connectivity index (χ0v) is 16.4. The molecule has 2 N–H and O–H groups in total. The van der Waals surface area contributed by atoms with Gasteiger partial charge in [0.15, 0.2) is 5.69 Å². The van der Waals surface area contributed by atoms with E-state index in [4.69, 9.17) is 4.74 Å². The molecule has 2 aromatic carbocycles. The number of nitrogens with one attached hydrogen (secondary N) is 2. The van der Waals surface area contributed by atoms with Crippen LogP contribution in [-0.4, -0.2) is 39.6 Å². The molecule has 0 fully saturated rings. The van der Waals surface area contributed by atoms with Crippen molar-refractivity contribution in [3.8, 4) is 5.75 Å². The summed E-state index contributed by atoms with van der Waals surface area (Å²) in [5.41, 5.74) is 5.76.